The summed E-state index contributed by atoms with van der Waals surface area (Å²) in [6.07, 6.45) is -0.336. The fourth-order valence-electron chi connectivity index (χ4n) is 1.77. The Morgan fingerprint density at radius 1 is 1.23 bits per heavy atom. The Morgan fingerprint density at radius 3 is 2.59 bits per heavy atom. The molecule has 0 aliphatic carbocycles. The zero-order chi connectivity index (χ0) is 15.9. The predicted molar refractivity (Wildman–Crippen MR) is 77.9 cm³/mol. The Labute approximate surface area is 127 Å². The number of hydrogen-bond donors (Lipinski definition) is 1. The molecule has 0 aliphatic heterocycles. The molecule has 2 aromatic rings. The van der Waals surface area contributed by atoms with Crippen molar-refractivity contribution in [2.75, 3.05) is 11.9 Å². The summed E-state index contributed by atoms with van der Waals surface area (Å²) in [5.74, 6) is -0.910. The summed E-state index contributed by atoms with van der Waals surface area (Å²) in [7, 11) is 0. The second-order valence-corrected chi connectivity index (χ2v) is 4.25. The molecule has 0 saturated carbocycles. The minimum Gasteiger partial charge on any atom is -0.462 e. The van der Waals surface area contributed by atoms with E-state index in [-0.39, 0.29) is 18.1 Å². The van der Waals surface area contributed by atoms with Gasteiger partial charge in [-0.15, -0.1) is 0 Å². The van der Waals surface area contributed by atoms with Gasteiger partial charge in [-0.05, 0) is 25.5 Å². The average molecular weight is 304 g/mol. The number of anilines is 1. The number of aromatic nitrogens is 1. The van der Waals surface area contributed by atoms with Crippen molar-refractivity contribution >= 4 is 17.7 Å². The minimum absolute atomic E-state index is 0.0348. The first-order valence-electron chi connectivity index (χ1n) is 6.85. The molecule has 1 N–H and O–H groups in total. The van der Waals surface area contributed by atoms with Gasteiger partial charge in [0.05, 0.1) is 6.61 Å². The number of rotatable bonds is 5. The average Bonchev–Trinajstić information content (AvgIpc) is 2.91. The van der Waals surface area contributed by atoms with Crippen molar-refractivity contribution in [3.8, 4) is 5.95 Å². The van der Waals surface area contributed by atoms with Crippen LogP contribution in [0.2, 0.25) is 0 Å². The number of aryl methyl sites for hydroxylation is 1. The van der Waals surface area contributed by atoms with E-state index in [4.69, 9.17) is 14.0 Å². The van der Waals surface area contributed by atoms with E-state index in [1.54, 1.807) is 38.1 Å². The van der Waals surface area contributed by atoms with Crippen LogP contribution in [0.25, 0.3) is 0 Å². The number of hydrogen-bond acceptors (Lipinski definition) is 6. The molecular formula is C15H16N2O5. The summed E-state index contributed by atoms with van der Waals surface area (Å²) in [6, 6.07) is 8.75. The maximum atomic E-state index is 11.9. The van der Waals surface area contributed by atoms with Gasteiger partial charge in [-0.25, -0.2) is 9.59 Å². The Hall–Kier alpha value is -2.83. The third kappa shape index (κ3) is 3.63. The molecule has 0 saturated heterocycles. The summed E-state index contributed by atoms with van der Waals surface area (Å²) < 4.78 is 14.9. The topological polar surface area (TPSA) is 90.7 Å². The van der Waals surface area contributed by atoms with Gasteiger partial charge in [0.2, 0.25) is 0 Å². The fourth-order valence-corrected chi connectivity index (χ4v) is 1.77. The zero-order valence-corrected chi connectivity index (χ0v) is 12.3. The third-order valence-corrected chi connectivity index (χ3v) is 2.75. The van der Waals surface area contributed by atoms with Crippen LogP contribution in [0.4, 0.5) is 10.5 Å². The van der Waals surface area contributed by atoms with Crippen molar-refractivity contribution < 1.29 is 23.6 Å². The smallest absolute Gasteiger partial charge is 0.419 e. The highest BCUT2D eigenvalue weighted by molar-refractivity contribution is 5.94. The summed E-state index contributed by atoms with van der Waals surface area (Å²) in [6.45, 7) is 3.68. The first-order valence-corrected chi connectivity index (χ1v) is 6.85. The Kier molecular flexibility index (Phi) is 5.13. The van der Waals surface area contributed by atoms with E-state index >= 15 is 0 Å². The summed E-state index contributed by atoms with van der Waals surface area (Å²) in [5.41, 5.74) is 0.967. The lowest BCUT2D eigenvalue weighted by Crippen LogP contribution is -2.18. The number of amides is 1. The number of ether oxygens (including phenoxy) is 2. The number of benzene rings is 1. The second-order valence-electron chi connectivity index (χ2n) is 4.25. The number of nitrogens with zero attached hydrogens (tertiary/aromatic N) is 1. The van der Waals surface area contributed by atoms with Crippen LogP contribution < -0.4 is 10.1 Å². The lowest BCUT2D eigenvalue weighted by Gasteiger charge is -2.05. The largest absolute Gasteiger partial charge is 0.462 e. The van der Waals surface area contributed by atoms with Crippen molar-refractivity contribution in [2.24, 2.45) is 0 Å². The van der Waals surface area contributed by atoms with Crippen LogP contribution in [-0.4, -0.2) is 23.8 Å². The van der Waals surface area contributed by atoms with E-state index in [0.29, 0.717) is 17.8 Å². The van der Waals surface area contributed by atoms with E-state index < -0.39 is 12.1 Å². The number of para-hydroxylation sites is 1. The third-order valence-electron chi connectivity index (χ3n) is 2.75. The quantitative estimate of drug-likeness (QED) is 0.854. The van der Waals surface area contributed by atoms with Gasteiger partial charge in [-0.1, -0.05) is 30.3 Å². The van der Waals surface area contributed by atoms with E-state index in [1.165, 1.54) is 0 Å². The van der Waals surface area contributed by atoms with Crippen LogP contribution in [0.15, 0.2) is 34.9 Å². The van der Waals surface area contributed by atoms with Crippen LogP contribution in [-0.2, 0) is 11.2 Å². The lowest BCUT2D eigenvalue weighted by atomic mass is 10.2. The lowest BCUT2D eigenvalue weighted by molar-refractivity contribution is 0.0520. The Bertz CT molecular complexity index is 651. The Balaban J connectivity index is 2.13. The highest BCUT2D eigenvalue weighted by Gasteiger charge is 2.26. The molecule has 0 atom stereocenters. The highest BCUT2D eigenvalue weighted by atomic mass is 16.7. The van der Waals surface area contributed by atoms with Crippen molar-refractivity contribution in [3.05, 3.63) is 41.6 Å². The van der Waals surface area contributed by atoms with Crippen LogP contribution >= 0.6 is 0 Å². The molecule has 7 nitrogen and oxygen atoms in total. The molecule has 7 heteroatoms. The molecule has 0 aliphatic rings. The van der Waals surface area contributed by atoms with E-state index in [0.717, 1.165) is 0 Å². The van der Waals surface area contributed by atoms with Crippen LogP contribution in [0.5, 0.6) is 5.95 Å². The molecule has 0 spiro atoms. The first-order chi connectivity index (χ1) is 10.7. The van der Waals surface area contributed by atoms with Gasteiger partial charge in [0, 0.05) is 5.69 Å². The second kappa shape index (κ2) is 7.26. The molecule has 0 fully saturated rings. The monoisotopic (exact) mass is 304 g/mol. The Morgan fingerprint density at radius 2 is 1.95 bits per heavy atom. The zero-order valence-electron chi connectivity index (χ0n) is 12.3. The SMILES string of the molecule is CCOC(=O)c1c(CC)noc1OC(=O)Nc1ccccc1. The molecule has 1 amide bonds. The maximum absolute atomic E-state index is 11.9. The number of nitrogens with one attached hydrogen (secondary N) is 1. The van der Waals surface area contributed by atoms with Gasteiger partial charge in [0.1, 0.15) is 5.69 Å². The molecule has 1 aromatic carbocycles. The summed E-state index contributed by atoms with van der Waals surface area (Å²) >= 11 is 0. The van der Waals surface area contributed by atoms with Gasteiger partial charge in [0.15, 0.2) is 5.56 Å². The van der Waals surface area contributed by atoms with Gasteiger partial charge >= 0.3 is 18.0 Å². The fraction of sp³-hybridized carbons (Fsp3) is 0.267. The number of carbonyl (C=O) groups excluding carboxylic acids is 2. The molecule has 0 radical (unpaired) electrons. The van der Waals surface area contributed by atoms with Crippen molar-refractivity contribution in [1.82, 2.24) is 5.16 Å². The molecule has 1 aromatic heterocycles. The minimum atomic E-state index is -0.782. The number of carbonyl (C=O) groups is 2. The van der Waals surface area contributed by atoms with Gasteiger partial charge in [-0.2, -0.15) is 0 Å². The van der Waals surface area contributed by atoms with Crippen molar-refractivity contribution in [1.29, 1.82) is 0 Å². The molecule has 116 valence electrons. The van der Waals surface area contributed by atoms with Crippen LogP contribution in [0.3, 0.4) is 0 Å². The molecule has 22 heavy (non-hydrogen) atoms. The van der Waals surface area contributed by atoms with E-state index in [9.17, 15) is 9.59 Å². The van der Waals surface area contributed by atoms with Gasteiger partial charge in [0.25, 0.3) is 0 Å². The molecule has 0 unspecified atom stereocenters. The summed E-state index contributed by atoms with van der Waals surface area (Å²) in [5, 5.41) is 6.23. The molecule has 1 heterocycles. The molecule has 0 bridgehead atoms. The molecule has 2 rings (SSSR count). The van der Waals surface area contributed by atoms with Crippen molar-refractivity contribution in [3.63, 3.8) is 0 Å². The maximum Gasteiger partial charge on any atom is 0.419 e. The van der Waals surface area contributed by atoms with E-state index in [1.807, 2.05) is 6.07 Å². The highest BCUT2D eigenvalue weighted by Crippen LogP contribution is 2.24. The van der Waals surface area contributed by atoms with Crippen LogP contribution in [0.1, 0.15) is 29.9 Å². The van der Waals surface area contributed by atoms with Crippen LogP contribution in [0, 0.1) is 0 Å². The van der Waals surface area contributed by atoms with E-state index in [2.05, 4.69) is 10.5 Å². The summed E-state index contributed by atoms with van der Waals surface area (Å²) in [4.78, 5) is 23.8. The molecular weight excluding hydrogens is 288 g/mol. The van der Waals surface area contributed by atoms with Gasteiger partial charge in [-0.3, -0.25) is 5.32 Å². The normalized spacial score (nSPS) is 10.1. The predicted octanol–water partition coefficient (Wildman–Crippen LogP) is 3.02. The van der Waals surface area contributed by atoms with Crippen molar-refractivity contribution in [2.45, 2.75) is 20.3 Å². The number of esters is 1. The van der Waals surface area contributed by atoms with Gasteiger partial charge < -0.3 is 14.0 Å². The standard InChI is InChI=1S/C15H16N2O5/c1-3-11-12(13(18)20-4-2)14(22-17-11)21-15(19)16-10-8-6-5-7-9-10/h5-9H,3-4H2,1-2H3,(H,16,19). The first kappa shape index (κ1) is 15.6.